The number of benzene rings is 3. The molecule has 1 atom stereocenters. The highest BCUT2D eigenvalue weighted by Gasteiger charge is 2.17. The van der Waals surface area contributed by atoms with Crippen LogP contribution < -0.4 is 5.63 Å². The van der Waals surface area contributed by atoms with Gasteiger partial charge >= 0.3 is 5.63 Å². The molecule has 4 rings (SSSR count). The fraction of sp³-hybridized carbons (Fsp3) is 0.259. The second kappa shape index (κ2) is 9.47. The number of methoxy groups -OCH3 is 1. The number of fused-ring (bicyclic) bond motifs is 3. The highest BCUT2D eigenvalue weighted by molar-refractivity contribution is 6.07. The lowest BCUT2D eigenvalue weighted by Crippen LogP contribution is -2.08. The third kappa shape index (κ3) is 4.49. The summed E-state index contributed by atoms with van der Waals surface area (Å²) in [6.07, 6.45) is 0.616. The molecule has 5 nitrogen and oxygen atoms in total. The molecule has 0 amide bonds. The molecule has 0 radical (unpaired) electrons. The summed E-state index contributed by atoms with van der Waals surface area (Å²) in [7, 11) is 1.65. The van der Waals surface area contributed by atoms with Crippen LogP contribution in [-0.4, -0.2) is 19.5 Å². The second-order valence-electron chi connectivity index (χ2n) is 7.93. The third-order valence-corrected chi connectivity index (χ3v) is 5.72. The van der Waals surface area contributed by atoms with Gasteiger partial charge in [-0.05, 0) is 60.5 Å². The standard InChI is InChI=1S/C27H26O5/c1-17(28)20-9-10-22-24-14-21(16-30-3)23(15-26(24)32-27(29)25(22)13-20)18(2)31-12-11-19-7-5-4-6-8-19/h4-10,13-15,18H,11-12,16H2,1-3H3. The fourth-order valence-corrected chi connectivity index (χ4v) is 4.00. The number of ketones is 1. The van der Waals surface area contributed by atoms with Crippen molar-refractivity contribution in [2.45, 2.75) is 33.0 Å². The average molecular weight is 431 g/mol. The minimum atomic E-state index is -0.460. The number of carbonyl (C=O) groups excluding carboxylic acids is 1. The van der Waals surface area contributed by atoms with Gasteiger partial charge in [-0.3, -0.25) is 4.79 Å². The number of ether oxygens (including phenoxy) is 2. The van der Waals surface area contributed by atoms with Crippen molar-refractivity contribution < 1.29 is 18.7 Å². The Hall–Kier alpha value is -3.28. The van der Waals surface area contributed by atoms with Crippen LogP contribution in [0.5, 0.6) is 0 Å². The summed E-state index contributed by atoms with van der Waals surface area (Å²) in [4.78, 5) is 24.4. The van der Waals surface area contributed by atoms with Gasteiger partial charge in [0.25, 0.3) is 0 Å². The maximum Gasteiger partial charge on any atom is 0.344 e. The Morgan fingerprint density at radius 2 is 1.78 bits per heavy atom. The molecule has 0 fully saturated rings. The molecule has 1 heterocycles. The van der Waals surface area contributed by atoms with Gasteiger partial charge in [-0.15, -0.1) is 0 Å². The molecule has 0 saturated carbocycles. The summed E-state index contributed by atoms with van der Waals surface area (Å²) in [6, 6.07) is 19.2. The van der Waals surface area contributed by atoms with E-state index in [-0.39, 0.29) is 11.9 Å². The zero-order valence-corrected chi connectivity index (χ0v) is 18.5. The van der Waals surface area contributed by atoms with Gasteiger partial charge in [-0.25, -0.2) is 4.79 Å². The molecule has 32 heavy (non-hydrogen) atoms. The third-order valence-electron chi connectivity index (χ3n) is 5.72. The van der Waals surface area contributed by atoms with Crippen molar-refractivity contribution in [3.05, 3.63) is 93.3 Å². The zero-order chi connectivity index (χ0) is 22.7. The van der Waals surface area contributed by atoms with E-state index >= 15 is 0 Å². The van der Waals surface area contributed by atoms with Gasteiger partial charge in [0, 0.05) is 18.1 Å². The lowest BCUT2D eigenvalue weighted by atomic mass is 9.97. The van der Waals surface area contributed by atoms with E-state index in [4.69, 9.17) is 13.9 Å². The highest BCUT2D eigenvalue weighted by atomic mass is 16.5. The molecule has 0 N–H and O–H groups in total. The van der Waals surface area contributed by atoms with Gasteiger partial charge in [0.15, 0.2) is 5.78 Å². The molecule has 1 aromatic heterocycles. The van der Waals surface area contributed by atoms with Crippen LogP contribution in [0.25, 0.3) is 21.7 Å². The van der Waals surface area contributed by atoms with E-state index in [9.17, 15) is 9.59 Å². The van der Waals surface area contributed by atoms with Crippen molar-refractivity contribution >= 4 is 27.5 Å². The van der Waals surface area contributed by atoms with E-state index in [0.717, 1.165) is 28.3 Å². The van der Waals surface area contributed by atoms with Gasteiger partial charge in [0.2, 0.25) is 0 Å². The molecule has 164 valence electrons. The van der Waals surface area contributed by atoms with Crippen LogP contribution in [0.1, 0.15) is 47.0 Å². The van der Waals surface area contributed by atoms with Crippen LogP contribution >= 0.6 is 0 Å². The SMILES string of the molecule is COCc1cc2c(cc1C(C)OCCc1ccccc1)oc(=O)c1cc(C(C)=O)ccc12. The Balaban J connectivity index is 1.71. The first-order chi connectivity index (χ1) is 15.5. The number of carbonyl (C=O) groups is 1. The molecular formula is C27H26O5. The second-order valence-corrected chi connectivity index (χ2v) is 7.93. The first-order valence-corrected chi connectivity index (χ1v) is 10.7. The van der Waals surface area contributed by atoms with Gasteiger partial charge in [0.1, 0.15) is 5.58 Å². The Bertz CT molecular complexity index is 1320. The molecule has 4 aromatic rings. The molecular weight excluding hydrogens is 404 g/mol. The number of hydrogen-bond acceptors (Lipinski definition) is 5. The van der Waals surface area contributed by atoms with E-state index in [1.165, 1.54) is 12.5 Å². The summed E-state index contributed by atoms with van der Waals surface area (Å²) >= 11 is 0. The Morgan fingerprint density at radius 1 is 1.00 bits per heavy atom. The van der Waals surface area contributed by atoms with Crippen molar-refractivity contribution in [3.8, 4) is 0 Å². The summed E-state index contributed by atoms with van der Waals surface area (Å²) in [5.74, 6) is -0.0942. The van der Waals surface area contributed by atoms with Crippen LogP contribution in [0.15, 0.2) is 69.9 Å². The first kappa shape index (κ1) is 21.9. The van der Waals surface area contributed by atoms with Gasteiger partial charge in [-0.2, -0.15) is 0 Å². The van der Waals surface area contributed by atoms with E-state index in [0.29, 0.717) is 29.7 Å². The normalized spacial score (nSPS) is 12.3. The summed E-state index contributed by atoms with van der Waals surface area (Å²) in [6.45, 7) is 4.45. The van der Waals surface area contributed by atoms with Crippen molar-refractivity contribution in [2.75, 3.05) is 13.7 Å². The van der Waals surface area contributed by atoms with Gasteiger partial charge < -0.3 is 13.9 Å². The van der Waals surface area contributed by atoms with Crippen LogP contribution in [-0.2, 0) is 22.5 Å². The maximum absolute atomic E-state index is 12.7. The molecule has 3 aromatic carbocycles. The monoisotopic (exact) mass is 430 g/mol. The quantitative estimate of drug-likeness (QED) is 0.206. The minimum absolute atomic E-state index is 0.0942. The van der Waals surface area contributed by atoms with E-state index in [1.54, 1.807) is 25.3 Å². The Labute approximate surface area is 186 Å². The number of hydrogen-bond donors (Lipinski definition) is 0. The lowest BCUT2D eigenvalue weighted by Gasteiger charge is -2.18. The molecule has 5 heteroatoms. The van der Waals surface area contributed by atoms with E-state index in [2.05, 4.69) is 12.1 Å². The molecule has 0 spiro atoms. The first-order valence-electron chi connectivity index (χ1n) is 10.7. The Kier molecular flexibility index (Phi) is 6.49. The van der Waals surface area contributed by atoms with Crippen LogP contribution in [0, 0.1) is 0 Å². The van der Waals surface area contributed by atoms with Gasteiger partial charge in [0.05, 0.1) is 24.7 Å². The van der Waals surface area contributed by atoms with Crippen LogP contribution in [0.2, 0.25) is 0 Å². The zero-order valence-electron chi connectivity index (χ0n) is 18.5. The van der Waals surface area contributed by atoms with Crippen molar-refractivity contribution in [3.63, 3.8) is 0 Å². The molecule has 0 saturated heterocycles. The molecule has 0 aliphatic heterocycles. The van der Waals surface area contributed by atoms with Crippen molar-refractivity contribution in [2.24, 2.45) is 0 Å². The smallest absolute Gasteiger partial charge is 0.344 e. The van der Waals surface area contributed by atoms with Crippen molar-refractivity contribution in [1.82, 2.24) is 0 Å². The predicted octanol–water partition coefficient (Wildman–Crippen LogP) is 5.62. The number of rotatable bonds is 8. The summed E-state index contributed by atoms with van der Waals surface area (Å²) < 4.78 is 17.2. The molecule has 0 aliphatic carbocycles. The largest absolute Gasteiger partial charge is 0.422 e. The molecule has 0 aliphatic rings. The topological polar surface area (TPSA) is 65.7 Å². The Morgan fingerprint density at radius 3 is 2.50 bits per heavy atom. The molecule has 0 bridgehead atoms. The maximum atomic E-state index is 12.7. The van der Waals surface area contributed by atoms with Gasteiger partial charge in [-0.1, -0.05) is 42.5 Å². The minimum Gasteiger partial charge on any atom is -0.422 e. The fourth-order valence-electron chi connectivity index (χ4n) is 4.00. The molecule has 1 unspecified atom stereocenters. The van der Waals surface area contributed by atoms with Crippen LogP contribution in [0.3, 0.4) is 0 Å². The summed E-state index contributed by atoms with van der Waals surface area (Å²) in [5.41, 5.74) is 3.63. The number of Topliss-reactive ketones (excluding diaryl/α,β-unsaturated/α-hetero) is 1. The van der Waals surface area contributed by atoms with E-state index < -0.39 is 5.63 Å². The lowest BCUT2D eigenvalue weighted by molar-refractivity contribution is 0.0659. The summed E-state index contributed by atoms with van der Waals surface area (Å²) in [5, 5.41) is 1.96. The predicted molar refractivity (Wildman–Crippen MR) is 125 cm³/mol. The highest BCUT2D eigenvalue weighted by Crippen LogP contribution is 2.31. The van der Waals surface area contributed by atoms with Crippen LogP contribution in [0.4, 0.5) is 0 Å². The average Bonchev–Trinajstić information content (AvgIpc) is 2.79. The van der Waals surface area contributed by atoms with E-state index in [1.807, 2.05) is 37.3 Å². The van der Waals surface area contributed by atoms with Crippen molar-refractivity contribution in [1.29, 1.82) is 0 Å².